The molecule has 0 spiro atoms. The Hall–Kier alpha value is -0.580. The number of benzene rings is 1. The van der Waals surface area contributed by atoms with Gasteiger partial charge < -0.3 is 4.74 Å². The number of rotatable bonds is 8. The summed E-state index contributed by atoms with van der Waals surface area (Å²) in [6.07, 6.45) is 1.89. The number of ether oxygens (including phenoxy) is 1. The molecule has 3 nitrogen and oxygen atoms in total. The second-order valence-corrected chi connectivity index (χ2v) is 8.27. The van der Waals surface area contributed by atoms with E-state index in [-0.39, 0.29) is 5.75 Å². The Labute approximate surface area is 120 Å². The van der Waals surface area contributed by atoms with Gasteiger partial charge >= 0.3 is 0 Å². The topological polar surface area (TPSA) is 43.4 Å². The van der Waals surface area contributed by atoms with E-state index in [9.17, 15) is 8.42 Å². The molecule has 0 radical (unpaired) electrons. The van der Waals surface area contributed by atoms with Gasteiger partial charge in [-0.05, 0) is 18.4 Å². The first-order valence-corrected chi connectivity index (χ1v) is 8.80. The highest BCUT2D eigenvalue weighted by atomic mass is 35.7. The van der Waals surface area contributed by atoms with Crippen molar-refractivity contribution >= 4 is 19.7 Å². The number of hydrogen-bond acceptors (Lipinski definition) is 3. The lowest BCUT2D eigenvalue weighted by atomic mass is 9.98. The molecule has 1 aromatic carbocycles. The van der Waals surface area contributed by atoms with Crippen LogP contribution >= 0.6 is 10.7 Å². The molecule has 0 bridgehead atoms. The van der Waals surface area contributed by atoms with Crippen LogP contribution in [0.3, 0.4) is 0 Å². The van der Waals surface area contributed by atoms with Crippen LogP contribution in [0.2, 0.25) is 0 Å². The largest absolute Gasteiger partial charge is 0.381 e. The fourth-order valence-electron chi connectivity index (χ4n) is 1.88. The molecule has 0 atom stereocenters. The van der Waals surface area contributed by atoms with Crippen LogP contribution in [0, 0.1) is 5.41 Å². The van der Waals surface area contributed by atoms with Crippen LogP contribution in [-0.2, 0) is 20.2 Å². The average Bonchev–Trinajstić information content (AvgIpc) is 2.26. The van der Waals surface area contributed by atoms with Gasteiger partial charge in [-0.1, -0.05) is 44.2 Å². The van der Waals surface area contributed by atoms with Crippen LogP contribution in [0.1, 0.15) is 25.8 Å². The molecular formula is C14H21ClO3S. The number of halogens is 1. The lowest BCUT2D eigenvalue weighted by Gasteiger charge is -2.22. The minimum Gasteiger partial charge on any atom is -0.381 e. The number of aryl methyl sites for hydroxylation is 1. The molecule has 0 saturated heterocycles. The Bertz CT molecular complexity index is 469. The molecule has 0 N–H and O–H groups in total. The predicted octanol–water partition coefficient (Wildman–Crippen LogP) is 3.23. The molecule has 108 valence electrons. The number of hydrogen-bond donors (Lipinski definition) is 0. The summed E-state index contributed by atoms with van der Waals surface area (Å²) in [5.74, 6) is -0.0692. The standard InChI is InChI=1S/C14H21ClO3S/c1-14(2,12-19(15,16)17)11-18-10-6-9-13-7-4-3-5-8-13/h3-5,7-8H,6,9-12H2,1-2H3. The lowest BCUT2D eigenvalue weighted by Crippen LogP contribution is -2.27. The van der Waals surface area contributed by atoms with Crippen LogP contribution in [-0.4, -0.2) is 27.4 Å². The second-order valence-electron chi connectivity index (χ2n) is 5.49. The smallest absolute Gasteiger partial charge is 0.233 e. The molecule has 5 heteroatoms. The normalized spacial score (nSPS) is 12.6. The molecule has 0 amide bonds. The predicted molar refractivity (Wildman–Crippen MR) is 79.0 cm³/mol. The Morgan fingerprint density at radius 2 is 1.84 bits per heavy atom. The van der Waals surface area contributed by atoms with Crippen molar-refractivity contribution in [3.63, 3.8) is 0 Å². The summed E-state index contributed by atoms with van der Waals surface area (Å²) in [6.45, 7) is 4.70. The van der Waals surface area contributed by atoms with Gasteiger partial charge in [-0.15, -0.1) is 0 Å². The summed E-state index contributed by atoms with van der Waals surface area (Å²) < 4.78 is 27.6. The van der Waals surface area contributed by atoms with Crippen molar-refractivity contribution in [3.8, 4) is 0 Å². The molecular weight excluding hydrogens is 284 g/mol. The van der Waals surface area contributed by atoms with Crippen LogP contribution in [0.4, 0.5) is 0 Å². The first-order chi connectivity index (χ1) is 8.79. The van der Waals surface area contributed by atoms with Crippen molar-refractivity contribution in [2.75, 3.05) is 19.0 Å². The minimum atomic E-state index is -3.48. The molecule has 0 aliphatic heterocycles. The molecule has 0 aliphatic carbocycles. The SMILES string of the molecule is CC(C)(COCCCc1ccccc1)CS(=O)(=O)Cl. The van der Waals surface area contributed by atoms with Gasteiger partial charge in [0.2, 0.25) is 9.05 Å². The average molecular weight is 305 g/mol. The molecule has 0 saturated carbocycles. The van der Waals surface area contributed by atoms with E-state index in [4.69, 9.17) is 15.4 Å². The molecule has 0 aromatic heterocycles. The van der Waals surface area contributed by atoms with Gasteiger partial charge in [-0.25, -0.2) is 8.42 Å². The van der Waals surface area contributed by atoms with Crippen molar-refractivity contribution in [2.45, 2.75) is 26.7 Å². The van der Waals surface area contributed by atoms with E-state index >= 15 is 0 Å². The quantitative estimate of drug-likeness (QED) is 0.547. The van der Waals surface area contributed by atoms with E-state index in [2.05, 4.69) is 12.1 Å². The molecule has 1 aromatic rings. The third-order valence-corrected chi connectivity index (χ3v) is 4.11. The van der Waals surface area contributed by atoms with Gasteiger partial charge in [0.15, 0.2) is 0 Å². The zero-order chi connectivity index (χ0) is 14.4. The van der Waals surface area contributed by atoms with Gasteiger partial charge in [-0.3, -0.25) is 0 Å². The van der Waals surface area contributed by atoms with E-state index in [0.717, 1.165) is 12.8 Å². The second kappa shape index (κ2) is 7.27. The zero-order valence-corrected chi connectivity index (χ0v) is 13.0. The molecule has 0 fully saturated rings. The van der Waals surface area contributed by atoms with E-state index in [0.29, 0.717) is 13.2 Å². The Kier molecular flexibility index (Phi) is 6.30. The summed E-state index contributed by atoms with van der Waals surface area (Å²) in [5, 5.41) is 0. The lowest BCUT2D eigenvalue weighted by molar-refractivity contribution is 0.0714. The van der Waals surface area contributed by atoms with Crippen LogP contribution in [0.15, 0.2) is 30.3 Å². The van der Waals surface area contributed by atoms with E-state index in [1.165, 1.54) is 5.56 Å². The first-order valence-electron chi connectivity index (χ1n) is 6.33. The maximum absolute atomic E-state index is 11.0. The van der Waals surface area contributed by atoms with Crippen LogP contribution in [0.5, 0.6) is 0 Å². The fraction of sp³-hybridized carbons (Fsp3) is 0.571. The Balaban J connectivity index is 2.20. The van der Waals surface area contributed by atoms with Gasteiger partial charge in [0.05, 0.1) is 12.4 Å². The van der Waals surface area contributed by atoms with E-state index in [1.807, 2.05) is 32.0 Å². The summed E-state index contributed by atoms with van der Waals surface area (Å²) in [7, 11) is 1.78. The summed E-state index contributed by atoms with van der Waals surface area (Å²) in [6, 6.07) is 10.2. The maximum Gasteiger partial charge on any atom is 0.233 e. The molecule has 1 rings (SSSR count). The van der Waals surface area contributed by atoms with Gasteiger partial charge in [0.25, 0.3) is 0 Å². The van der Waals surface area contributed by atoms with Crippen molar-refractivity contribution in [1.82, 2.24) is 0 Å². The summed E-state index contributed by atoms with van der Waals surface area (Å²) >= 11 is 0. The van der Waals surface area contributed by atoms with Gasteiger partial charge in [0, 0.05) is 22.7 Å². The van der Waals surface area contributed by atoms with Crippen molar-refractivity contribution in [1.29, 1.82) is 0 Å². The first kappa shape index (κ1) is 16.5. The summed E-state index contributed by atoms with van der Waals surface area (Å²) in [5.41, 5.74) is 0.835. The van der Waals surface area contributed by atoms with Crippen LogP contribution in [0.25, 0.3) is 0 Å². The molecule has 0 aliphatic rings. The third kappa shape index (κ3) is 8.24. The van der Waals surface area contributed by atoms with Gasteiger partial charge in [0.1, 0.15) is 0 Å². The van der Waals surface area contributed by atoms with Crippen molar-refractivity contribution in [3.05, 3.63) is 35.9 Å². The highest BCUT2D eigenvalue weighted by Crippen LogP contribution is 2.20. The monoisotopic (exact) mass is 304 g/mol. The van der Waals surface area contributed by atoms with E-state index in [1.54, 1.807) is 0 Å². The van der Waals surface area contributed by atoms with Crippen LogP contribution < -0.4 is 0 Å². The minimum absolute atomic E-state index is 0.0692. The molecule has 19 heavy (non-hydrogen) atoms. The zero-order valence-electron chi connectivity index (χ0n) is 11.4. The van der Waals surface area contributed by atoms with Gasteiger partial charge in [-0.2, -0.15) is 0 Å². The van der Waals surface area contributed by atoms with E-state index < -0.39 is 14.5 Å². The highest BCUT2D eigenvalue weighted by Gasteiger charge is 2.25. The fourth-order valence-corrected chi connectivity index (χ4v) is 3.78. The highest BCUT2D eigenvalue weighted by molar-refractivity contribution is 8.13. The molecule has 0 unspecified atom stereocenters. The molecule has 0 heterocycles. The van der Waals surface area contributed by atoms with Crippen molar-refractivity contribution in [2.24, 2.45) is 5.41 Å². The maximum atomic E-state index is 11.0. The summed E-state index contributed by atoms with van der Waals surface area (Å²) in [4.78, 5) is 0. The van der Waals surface area contributed by atoms with Crippen molar-refractivity contribution < 1.29 is 13.2 Å². The Morgan fingerprint density at radius 3 is 2.42 bits per heavy atom. The third-order valence-electron chi connectivity index (χ3n) is 2.65. The Morgan fingerprint density at radius 1 is 1.21 bits per heavy atom.